The van der Waals surface area contributed by atoms with Gasteiger partial charge in [-0.25, -0.2) is 0 Å². The van der Waals surface area contributed by atoms with Crippen molar-refractivity contribution in [2.24, 2.45) is 5.92 Å². The van der Waals surface area contributed by atoms with E-state index in [0.29, 0.717) is 0 Å². The Bertz CT molecular complexity index is 619. The van der Waals surface area contributed by atoms with Crippen molar-refractivity contribution >= 4 is 16.9 Å². The first-order valence-corrected chi connectivity index (χ1v) is 7.09. The zero-order valence-corrected chi connectivity index (χ0v) is 11.6. The summed E-state index contributed by atoms with van der Waals surface area (Å²) >= 11 is 0. The van der Waals surface area contributed by atoms with Gasteiger partial charge in [0.2, 0.25) is 0 Å². The van der Waals surface area contributed by atoms with Crippen LogP contribution in [-0.2, 0) is 11.3 Å². The van der Waals surface area contributed by atoms with Crippen molar-refractivity contribution in [3.63, 3.8) is 0 Å². The van der Waals surface area contributed by atoms with Gasteiger partial charge in [0.05, 0.1) is 12.2 Å². The van der Waals surface area contributed by atoms with E-state index in [1.54, 1.807) is 6.26 Å². The molecule has 1 fully saturated rings. The van der Waals surface area contributed by atoms with Crippen LogP contribution in [0.15, 0.2) is 34.9 Å². The summed E-state index contributed by atoms with van der Waals surface area (Å²) in [5.74, 6) is -0.946. The third-order valence-corrected chi connectivity index (χ3v) is 4.37. The van der Waals surface area contributed by atoms with Crippen LogP contribution in [0.1, 0.15) is 25.3 Å². The number of nitrogens with zero attached hydrogens (tertiary/aromatic N) is 1. The van der Waals surface area contributed by atoms with E-state index >= 15 is 0 Å². The number of furan rings is 1. The maximum atomic E-state index is 11.3. The standard InChI is InChI=1S/C16H19NO3/c1-11-14(16(18)19)6-3-8-17(11)10-13-5-2-4-12-7-9-20-15(12)13/h2,4-5,7,9,11,14H,3,6,8,10H2,1H3,(H,18,19)/t11-,14-/m1/s1. The first kappa shape index (κ1) is 13.2. The topological polar surface area (TPSA) is 53.7 Å². The minimum absolute atomic E-state index is 0.0615. The highest BCUT2D eigenvalue weighted by Crippen LogP contribution is 2.27. The van der Waals surface area contributed by atoms with Gasteiger partial charge < -0.3 is 9.52 Å². The molecular formula is C16H19NO3. The zero-order valence-electron chi connectivity index (χ0n) is 11.6. The van der Waals surface area contributed by atoms with Crippen LogP contribution in [0.4, 0.5) is 0 Å². The van der Waals surface area contributed by atoms with Crippen LogP contribution in [0, 0.1) is 5.92 Å². The zero-order chi connectivity index (χ0) is 14.1. The van der Waals surface area contributed by atoms with E-state index in [1.165, 1.54) is 0 Å². The summed E-state index contributed by atoms with van der Waals surface area (Å²) in [5, 5.41) is 10.4. The lowest BCUT2D eigenvalue weighted by Crippen LogP contribution is -2.45. The van der Waals surface area contributed by atoms with E-state index in [4.69, 9.17) is 4.42 Å². The lowest BCUT2D eigenvalue weighted by molar-refractivity contribution is -0.145. The quantitative estimate of drug-likeness (QED) is 0.933. The summed E-state index contributed by atoms with van der Waals surface area (Å²) in [4.78, 5) is 13.5. The Balaban J connectivity index is 1.83. The van der Waals surface area contributed by atoms with Gasteiger partial charge >= 0.3 is 5.97 Å². The maximum Gasteiger partial charge on any atom is 0.308 e. The number of rotatable bonds is 3. The van der Waals surface area contributed by atoms with Crippen LogP contribution in [0.25, 0.3) is 11.0 Å². The molecule has 20 heavy (non-hydrogen) atoms. The molecule has 1 N–H and O–H groups in total. The Hall–Kier alpha value is -1.81. The van der Waals surface area contributed by atoms with Crippen molar-refractivity contribution < 1.29 is 14.3 Å². The molecule has 1 aliphatic rings. The minimum atomic E-state index is -0.682. The molecule has 4 nitrogen and oxygen atoms in total. The number of piperidine rings is 1. The van der Waals surface area contributed by atoms with Gasteiger partial charge in [-0.1, -0.05) is 18.2 Å². The van der Waals surface area contributed by atoms with E-state index in [0.717, 1.165) is 42.5 Å². The molecule has 106 valence electrons. The van der Waals surface area contributed by atoms with Crippen molar-refractivity contribution in [1.29, 1.82) is 0 Å². The van der Waals surface area contributed by atoms with Gasteiger partial charge in [-0.15, -0.1) is 0 Å². The predicted octanol–water partition coefficient (Wildman–Crippen LogP) is 3.12. The third kappa shape index (κ3) is 2.31. The molecule has 0 bridgehead atoms. The summed E-state index contributed by atoms with van der Waals surface area (Å²) in [7, 11) is 0. The monoisotopic (exact) mass is 273 g/mol. The number of fused-ring (bicyclic) bond motifs is 1. The van der Waals surface area contributed by atoms with E-state index in [-0.39, 0.29) is 12.0 Å². The average molecular weight is 273 g/mol. The Morgan fingerprint density at radius 2 is 2.30 bits per heavy atom. The van der Waals surface area contributed by atoms with Crippen molar-refractivity contribution in [3.8, 4) is 0 Å². The lowest BCUT2D eigenvalue weighted by Gasteiger charge is -2.37. The largest absolute Gasteiger partial charge is 0.481 e. The van der Waals surface area contributed by atoms with E-state index in [2.05, 4.69) is 11.0 Å². The van der Waals surface area contributed by atoms with Crippen molar-refractivity contribution in [1.82, 2.24) is 4.90 Å². The Morgan fingerprint density at radius 1 is 1.45 bits per heavy atom. The number of likely N-dealkylation sites (tertiary alicyclic amines) is 1. The summed E-state index contributed by atoms with van der Waals surface area (Å²) < 4.78 is 5.56. The fraction of sp³-hybridized carbons (Fsp3) is 0.438. The highest BCUT2D eigenvalue weighted by molar-refractivity contribution is 5.80. The first-order valence-electron chi connectivity index (χ1n) is 7.09. The molecule has 1 aromatic carbocycles. The summed E-state index contributed by atoms with van der Waals surface area (Å²) in [6, 6.07) is 8.13. The van der Waals surface area contributed by atoms with E-state index in [1.807, 2.05) is 25.1 Å². The van der Waals surface area contributed by atoms with Crippen LogP contribution in [0.5, 0.6) is 0 Å². The number of carboxylic acids is 1. The van der Waals surface area contributed by atoms with Gasteiger partial charge in [0, 0.05) is 23.5 Å². The fourth-order valence-corrected chi connectivity index (χ4v) is 3.16. The molecule has 0 spiro atoms. The number of para-hydroxylation sites is 1. The molecule has 0 saturated carbocycles. The Morgan fingerprint density at radius 3 is 3.10 bits per heavy atom. The van der Waals surface area contributed by atoms with Crippen molar-refractivity contribution in [2.45, 2.75) is 32.4 Å². The third-order valence-electron chi connectivity index (χ3n) is 4.37. The highest BCUT2D eigenvalue weighted by atomic mass is 16.4. The summed E-state index contributed by atoms with van der Waals surface area (Å²) in [6.07, 6.45) is 3.42. The number of carboxylic acid groups (broad SMARTS) is 1. The van der Waals surface area contributed by atoms with Gasteiger partial charge in [0.15, 0.2) is 0 Å². The summed E-state index contributed by atoms with van der Waals surface area (Å²) in [5.41, 5.74) is 2.04. The molecule has 3 rings (SSSR count). The molecule has 1 saturated heterocycles. The number of aliphatic carboxylic acids is 1. The van der Waals surface area contributed by atoms with E-state index in [9.17, 15) is 9.90 Å². The van der Waals surface area contributed by atoms with Crippen molar-refractivity contribution in [3.05, 3.63) is 36.1 Å². The first-order chi connectivity index (χ1) is 9.66. The molecule has 1 aromatic heterocycles. The summed E-state index contributed by atoms with van der Waals surface area (Å²) in [6.45, 7) is 3.71. The predicted molar refractivity (Wildman–Crippen MR) is 76.4 cm³/mol. The van der Waals surface area contributed by atoms with Crippen molar-refractivity contribution in [2.75, 3.05) is 6.54 Å². The fourth-order valence-electron chi connectivity index (χ4n) is 3.16. The molecule has 2 heterocycles. The van der Waals surface area contributed by atoms with Gasteiger partial charge in [0.1, 0.15) is 5.58 Å². The van der Waals surface area contributed by atoms with Gasteiger partial charge in [-0.2, -0.15) is 0 Å². The van der Waals surface area contributed by atoms with Crippen LogP contribution in [0.3, 0.4) is 0 Å². The molecule has 4 heteroatoms. The van der Waals surface area contributed by atoms with E-state index < -0.39 is 5.97 Å². The molecule has 0 aliphatic carbocycles. The van der Waals surface area contributed by atoms with Gasteiger partial charge in [-0.05, 0) is 32.4 Å². The molecule has 1 aliphatic heterocycles. The van der Waals surface area contributed by atoms with Gasteiger partial charge in [0.25, 0.3) is 0 Å². The SMILES string of the molecule is C[C@@H]1[C@H](C(=O)O)CCCN1Cc1cccc2ccoc12. The normalized spacial score (nSPS) is 24.1. The molecule has 0 radical (unpaired) electrons. The Labute approximate surface area is 118 Å². The van der Waals surface area contributed by atoms with Gasteiger partial charge in [-0.3, -0.25) is 9.69 Å². The average Bonchev–Trinajstić information content (AvgIpc) is 2.90. The second-order valence-electron chi connectivity index (χ2n) is 5.55. The number of hydrogen-bond donors (Lipinski definition) is 1. The highest BCUT2D eigenvalue weighted by Gasteiger charge is 2.32. The minimum Gasteiger partial charge on any atom is -0.481 e. The number of carbonyl (C=O) groups is 1. The molecule has 0 unspecified atom stereocenters. The lowest BCUT2D eigenvalue weighted by atomic mass is 9.90. The molecule has 2 aromatic rings. The second kappa shape index (κ2) is 5.29. The van der Waals surface area contributed by atoms with Crippen LogP contribution >= 0.6 is 0 Å². The molecular weight excluding hydrogens is 254 g/mol. The number of hydrogen-bond acceptors (Lipinski definition) is 3. The smallest absolute Gasteiger partial charge is 0.308 e. The maximum absolute atomic E-state index is 11.3. The van der Waals surface area contributed by atoms with Crippen LogP contribution in [-0.4, -0.2) is 28.6 Å². The van der Waals surface area contributed by atoms with Crippen LogP contribution in [0.2, 0.25) is 0 Å². The second-order valence-corrected chi connectivity index (χ2v) is 5.55. The Kier molecular flexibility index (Phi) is 3.49. The van der Waals surface area contributed by atoms with Crippen LogP contribution < -0.4 is 0 Å². The molecule has 0 amide bonds. The molecule has 2 atom stereocenters. The number of benzene rings is 1.